The monoisotopic (exact) mass is 205 g/mol. The first-order chi connectivity index (χ1) is 6.18. The van der Waals surface area contributed by atoms with E-state index in [1.54, 1.807) is 14.2 Å². The molecule has 0 saturated heterocycles. The molecule has 3 nitrogen and oxygen atoms in total. The third kappa shape index (κ3) is 6.21. The zero-order valence-corrected chi connectivity index (χ0v) is 11.1. The van der Waals surface area contributed by atoms with Gasteiger partial charge in [0.15, 0.2) is 0 Å². The van der Waals surface area contributed by atoms with Crippen molar-refractivity contribution in [3.05, 3.63) is 0 Å². The van der Waals surface area contributed by atoms with Gasteiger partial charge >= 0.3 is 0 Å². The Morgan fingerprint density at radius 3 is 2.08 bits per heavy atom. The maximum atomic E-state index is 5.41. The van der Waals surface area contributed by atoms with Crippen molar-refractivity contribution in [2.75, 3.05) is 20.8 Å². The van der Waals surface area contributed by atoms with Gasteiger partial charge in [0.2, 0.25) is 0 Å². The quantitative estimate of drug-likeness (QED) is 0.350. The zero-order valence-electron chi connectivity index (χ0n) is 9.14. The average Bonchev–Trinajstić information content (AvgIpc) is 2.17. The lowest BCUT2D eigenvalue weighted by atomic mass is 10.1. The van der Waals surface area contributed by atoms with Crippen molar-refractivity contribution in [1.82, 2.24) is 0 Å². The van der Waals surface area contributed by atoms with Gasteiger partial charge in [-0.3, -0.25) is 0 Å². The number of nitrogens with two attached hydrogens (primary N) is 1. The summed E-state index contributed by atoms with van der Waals surface area (Å²) in [6, 6.07) is 0. The molecule has 0 aromatic carbocycles. The van der Waals surface area contributed by atoms with Gasteiger partial charge in [0.05, 0.1) is 10.2 Å². The molecule has 0 radical (unpaired) electrons. The number of ether oxygens (including phenoxy) is 2. The minimum Gasteiger partial charge on any atom is -0.358 e. The molecular formula is C9H23NO2Si. The van der Waals surface area contributed by atoms with E-state index >= 15 is 0 Å². The van der Waals surface area contributed by atoms with E-state index in [1.165, 1.54) is 19.3 Å². The van der Waals surface area contributed by atoms with Crippen molar-refractivity contribution in [2.24, 2.45) is 5.73 Å². The Kier molecular flexibility index (Phi) is 7.55. The second-order valence-electron chi connectivity index (χ2n) is 3.49. The van der Waals surface area contributed by atoms with Gasteiger partial charge in [0.25, 0.3) is 0 Å². The maximum Gasteiger partial charge on any atom is 0.140 e. The Morgan fingerprint density at radius 2 is 1.62 bits per heavy atom. The molecule has 4 heteroatoms. The molecule has 0 spiro atoms. The fourth-order valence-electron chi connectivity index (χ4n) is 1.23. The number of unbranched alkanes of at least 4 members (excludes halogenated alkanes) is 3. The SMILES string of the molecule is COC([SiH3])(CCCCCCN)OC. The topological polar surface area (TPSA) is 44.5 Å². The van der Waals surface area contributed by atoms with E-state index in [0.717, 1.165) is 29.6 Å². The highest BCUT2D eigenvalue weighted by Gasteiger charge is 2.20. The van der Waals surface area contributed by atoms with E-state index in [2.05, 4.69) is 0 Å². The molecule has 2 N–H and O–H groups in total. The van der Waals surface area contributed by atoms with Gasteiger partial charge in [-0.15, -0.1) is 0 Å². The Hall–Kier alpha value is 0.0969. The average molecular weight is 205 g/mol. The Bertz CT molecular complexity index is 118. The summed E-state index contributed by atoms with van der Waals surface area (Å²) in [6.45, 7) is 0.806. The van der Waals surface area contributed by atoms with E-state index in [0.29, 0.717) is 0 Å². The molecule has 0 atom stereocenters. The van der Waals surface area contributed by atoms with E-state index in [1.807, 2.05) is 0 Å². The number of rotatable bonds is 8. The summed E-state index contributed by atoms with van der Waals surface area (Å²) in [7, 11) is 4.36. The first kappa shape index (κ1) is 13.1. The molecule has 0 heterocycles. The third-order valence-corrected chi connectivity index (χ3v) is 3.77. The van der Waals surface area contributed by atoms with Gasteiger partial charge in [0, 0.05) is 14.2 Å². The predicted octanol–water partition coefficient (Wildman–Crippen LogP) is 0.208. The van der Waals surface area contributed by atoms with Crippen LogP contribution in [0.15, 0.2) is 0 Å². The van der Waals surface area contributed by atoms with Crippen molar-refractivity contribution in [2.45, 2.75) is 37.5 Å². The minimum absolute atomic E-state index is 0.261. The summed E-state index contributed by atoms with van der Waals surface area (Å²) in [5, 5.41) is 0. The highest BCUT2D eigenvalue weighted by molar-refractivity contribution is 6.13. The fraction of sp³-hybridized carbons (Fsp3) is 1.00. The molecule has 0 unspecified atom stereocenters. The van der Waals surface area contributed by atoms with Gasteiger partial charge in [-0.05, 0) is 25.8 Å². The molecule has 0 aliphatic heterocycles. The van der Waals surface area contributed by atoms with Gasteiger partial charge < -0.3 is 15.2 Å². The summed E-state index contributed by atoms with van der Waals surface area (Å²) in [6.07, 6.45) is 5.77. The largest absolute Gasteiger partial charge is 0.358 e. The highest BCUT2D eigenvalue weighted by atomic mass is 28.1. The first-order valence-corrected chi connectivity index (χ1v) is 5.99. The summed E-state index contributed by atoms with van der Waals surface area (Å²) in [5.74, 6) is 0. The van der Waals surface area contributed by atoms with Crippen LogP contribution in [0.4, 0.5) is 0 Å². The van der Waals surface area contributed by atoms with E-state index < -0.39 is 0 Å². The smallest absolute Gasteiger partial charge is 0.140 e. The lowest BCUT2D eigenvalue weighted by Gasteiger charge is -2.26. The lowest BCUT2D eigenvalue weighted by molar-refractivity contribution is -0.146. The predicted molar refractivity (Wildman–Crippen MR) is 58.8 cm³/mol. The summed E-state index contributed by atoms with van der Waals surface area (Å²) >= 11 is 0. The van der Waals surface area contributed by atoms with Crippen LogP contribution >= 0.6 is 0 Å². The van der Waals surface area contributed by atoms with Crippen molar-refractivity contribution in [1.29, 1.82) is 0 Å². The molecule has 0 bridgehead atoms. The Balaban J connectivity index is 3.39. The zero-order chi connectivity index (χ0) is 10.2. The van der Waals surface area contributed by atoms with Crippen LogP contribution < -0.4 is 5.73 Å². The lowest BCUT2D eigenvalue weighted by Crippen LogP contribution is -2.33. The number of methoxy groups -OCH3 is 2. The summed E-state index contributed by atoms with van der Waals surface area (Å²) in [5.41, 5.74) is 5.15. The molecule has 0 aliphatic rings. The Labute approximate surface area is 84.4 Å². The van der Waals surface area contributed by atoms with Gasteiger partial charge in [0.1, 0.15) is 5.41 Å². The molecule has 0 rings (SSSR count). The van der Waals surface area contributed by atoms with Crippen molar-refractivity contribution >= 4 is 10.2 Å². The van der Waals surface area contributed by atoms with E-state index in [4.69, 9.17) is 15.2 Å². The molecule has 80 valence electrons. The van der Waals surface area contributed by atoms with Crippen LogP contribution in [0.3, 0.4) is 0 Å². The van der Waals surface area contributed by atoms with Crippen molar-refractivity contribution < 1.29 is 9.47 Å². The molecule has 0 aromatic rings. The second-order valence-corrected chi connectivity index (χ2v) is 5.02. The normalized spacial score (nSPS) is 12.2. The third-order valence-electron chi connectivity index (χ3n) is 2.45. The Morgan fingerprint density at radius 1 is 1.08 bits per heavy atom. The molecule has 0 saturated carbocycles. The molecular weight excluding hydrogens is 182 g/mol. The van der Waals surface area contributed by atoms with E-state index in [-0.39, 0.29) is 5.41 Å². The summed E-state index contributed by atoms with van der Waals surface area (Å²) < 4.78 is 10.6. The van der Waals surface area contributed by atoms with Crippen LogP contribution in [0.1, 0.15) is 32.1 Å². The second kappa shape index (κ2) is 7.50. The van der Waals surface area contributed by atoms with E-state index in [9.17, 15) is 0 Å². The first-order valence-electron chi connectivity index (χ1n) is 4.99. The van der Waals surface area contributed by atoms with Gasteiger partial charge in [-0.1, -0.05) is 12.8 Å². The standard InChI is InChI=1S/C9H23NO2Si/c1-11-9(13,12-2)7-5-3-4-6-8-10/h3-8,10H2,1-2,13H3. The molecule has 0 amide bonds. The number of hydrogen-bond donors (Lipinski definition) is 1. The van der Waals surface area contributed by atoms with Crippen LogP contribution in [0.25, 0.3) is 0 Å². The number of hydrogen-bond acceptors (Lipinski definition) is 3. The van der Waals surface area contributed by atoms with Crippen molar-refractivity contribution in [3.63, 3.8) is 0 Å². The van der Waals surface area contributed by atoms with Gasteiger partial charge in [-0.2, -0.15) is 0 Å². The van der Waals surface area contributed by atoms with Gasteiger partial charge in [-0.25, -0.2) is 0 Å². The van der Waals surface area contributed by atoms with Crippen LogP contribution in [-0.2, 0) is 9.47 Å². The van der Waals surface area contributed by atoms with Crippen LogP contribution in [0, 0.1) is 0 Å². The highest BCUT2D eigenvalue weighted by Crippen LogP contribution is 2.16. The van der Waals surface area contributed by atoms with Crippen LogP contribution in [0.5, 0.6) is 0 Å². The van der Waals surface area contributed by atoms with Crippen molar-refractivity contribution in [3.8, 4) is 0 Å². The molecule has 0 aromatic heterocycles. The maximum absolute atomic E-state index is 5.41. The fourth-order valence-corrected chi connectivity index (χ4v) is 1.59. The summed E-state index contributed by atoms with van der Waals surface area (Å²) in [4.78, 5) is 0. The molecule has 0 aliphatic carbocycles. The molecule has 13 heavy (non-hydrogen) atoms. The van der Waals surface area contributed by atoms with Crippen LogP contribution in [0.2, 0.25) is 0 Å². The van der Waals surface area contributed by atoms with Crippen LogP contribution in [-0.4, -0.2) is 36.4 Å². The minimum atomic E-state index is -0.261. The molecule has 0 fully saturated rings.